The maximum atomic E-state index is 14.0. The van der Waals surface area contributed by atoms with Crippen molar-refractivity contribution in [3.05, 3.63) is 102 Å². The molecule has 6 nitrogen and oxygen atoms in total. The number of fused-ring (bicyclic) bond motifs is 2. The van der Waals surface area contributed by atoms with E-state index >= 15 is 0 Å². The van der Waals surface area contributed by atoms with Gasteiger partial charge in [0.05, 0.1) is 6.42 Å². The lowest BCUT2D eigenvalue weighted by Crippen LogP contribution is -2.41. The Balaban J connectivity index is 1.46. The zero-order valence-corrected chi connectivity index (χ0v) is 24.6. The van der Waals surface area contributed by atoms with Crippen LogP contribution in [-0.4, -0.2) is 58.9 Å². The van der Waals surface area contributed by atoms with Crippen LogP contribution in [-0.2, 0) is 29.1 Å². The molecule has 0 spiro atoms. The number of carbonyl (C=O) groups excluding carboxylic acids is 2. The van der Waals surface area contributed by atoms with Gasteiger partial charge in [-0.1, -0.05) is 80.6 Å². The fraction of sp³-hybridized carbons (Fsp3) is 0.371. The number of hydrogen-bond acceptors (Lipinski definition) is 3. The Morgan fingerprint density at radius 1 is 0.805 bits per heavy atom. The van der Waals surface area contributed by atoms with E-state index in [2.05, 4.69) is 54.5 Å². The molecule has 4 aromatic rings. The fourth-order valence-electron chi connectivity index (χ4n) is 5.97. The van der Waals surface area contributed by atoms with E-state index < -0.39 is 0 Å². The first-order chi connectivity index (χ1) is 19.9. The first kappa shape index (κ1) is 28.6. The molecule has 5 rings (SSSR count). The summed E-state index contributed by atoms with van der Waals surface area (Å²) < 4.78 is 2.12. The van der Waals surface area contributed by atoms with E-state index in [0.717, 1.165) is 59.5 Å². The molecule has 41 heavy (non-hydrogen) atoms. The van der Waals surface area contributed by atoms with Gasteiger partial charge in [0.1, 0.15) is 6.54 Å². The Bertz CT molecular complexity index is 1480. The second-order valence-corrected chi connectivity index (χ2v) is 11.6. The van der Waals surface area contributed by atoms with Crippen LogP contribution in [0.4, 0.5) is 5.69 Å². The predicted molar refractivity (Wildman–Crippen MR) is 167 cm³/mol. The molecule has 0 radical (unpaired) electrons. The number of carbonyl (C=O) groups is 2. The molecule has 0 fully saturated rings. The number of hydrogen-bond donors (Lipinski definition) is 0. The Morgan fingerprint density at radius 3 is 2.34 bits per heavy atom. The van der Waals surface area contributed by atoms with Gasteiger partial charge in [0.2, 0.25) is 11.8 Å². The maximum Gasteiger partial charge on any atom is 0.242 e. The van der Waals surface area contributed by atoms with Gasteiger partial charge in [-0.25, -0.2) is 0 Å². The van der Waals surface area contributed by atoms with Gasteiger partial charge in [-0.3, -0.25) is 9.59 Å². The molecule has 0 saturated carbocycles. The van der Waals surface area contributed by atoms with Crippen LogP contribution in [0.3, 0.4) is 0 Å². The monoisotopic (exact) mass is 550 g/mol. The van der Waals surface area contributed by atoms with Crippen LogP contribution in [0, 0.1) is 12.8 Å². The molecule has 0 aliphatic carbocycles. The van der Waals surface area contributed by atoms with Gasteiger partial charge in [-0.15, -0.1) is 0 Å². The van der Waals surface area contributed by atoms with Crippen molar-refractivity contribution in [2.45, 2.75) is 46.7 Å². The van der Waals surface area contributed by atoms with Crippen molar-refractivity contribution in [1.29, 1.82) is 0 Å². The van der Waals surface area contributed by atoms with Crippen LogP contribution >= 0.6 is 0 Å². The smallest absolute Gasteiger partial charge is 0.242 e. The molecule has 0 bridgehead atoms. The van der Waals surface area contributed by atoms with Crippen molar-refractivity contribution in [1.82, 2.24) is 14.4 Å². The SMILES string of the molecule is Cc1cc2ccccc2n1CC(=O)N1CCN(CC(C)C)CCCN(C(=O)Cc2ccccc2)c2ccccc2C1. The highest BCUT2D eigenvalue weighted by molar-refractivity contribution is 5.95. The van der Waals surface area contributed by atoms with Crippen molar-refractivity contribution in [3.63, 3.8) is 0 Å². The lowest BCUT2D eigenvalue weighted by atomic mass is 10.1. The zero-order chi connectivity index (χ0) is 28.8. The van der Waals surface area contributed by atoms with E-state index in [4.69, 9.17) is 0 Å². The lowest BCUT2D eigenvalue weighted by Gasteiger charge is -2.29. The predicted octanol–water partition coefficient (Wildman–Crippen LogP) is 5.92. The number of aryl methyl sites for hydroxylation is 1. The highest BCUT2D eigenvalue weighted by Gasteiger charge is 2.24. The van der Waals surface area contributed by atoms with Gasteiger partial charge in [0, 0.05) is 49.6 Å². The Hall–Kier alpha value is -3.90. The molecule has 0 N–H and O–H groups in total. The molecule has 1 aliphatic heterocycles. The summed E-state index contributed by atoms with van der Waals surface area (Å²) in [5, 5.41) is 1.15. The van der Waals surface area contributed by atoms with Gasteiger partial charge < -0.3 is 19.3 Å². The van der Waals surface area contributed by atoms with E-state index in [1.165, 1.54) is 0 Å². The minimum Gasteiger partial charge on any atom is -0.335 e. The normalized spacial score (nSPS) is 15.1. The number of para-hydroxylation sites is 2. The lowest BCUT2D eigenvalue weighted by molar-refractivity contribution is -0.132. The molecule has 2 heterocycles. The Kier molecular flexibility index (Phi) is 9.20. The van der Waals surface area contributed by atoms with E-state index in [-0.39, 0.29) is 11.8 Å². The van der Waals surface area contributed by atoms with Crippen molar-refractivity contribution in [3.8, 4) is 0 Å². The van der Waals surface area contributed by atoms with Gasteiger partial charge in [0.15, 0.2) is 0 Å². The molecule has 0 saturated heterocycles. The molecule has 0 unspecified atom stereocenters. The molecule has 1 aromatic heterocycles. The second-order valence-electron chi connectivity index (χ2n) is 11.6. The van der Waals surface area contributed by atoms with Gasteiger partial charge in [0.25, 0.3) is 0 Å². The number of nitrogens with zero attached hydrogens (tertiary/aromatic N) is 4. The number of benzene rings is 3. The Morgan fingerprint density at radius 2 is 1.54 bits per heavy atom. The summed E-state index contributed by atoms with van der Waals surface area (Å²) in [6, 6.07) is 28.4. The van der Waals surface area contributed by atoms with Crippen LogP contribution in [0.15, 0.2) is 84.9 Å². The van der Waals surface area contributed by atoms with Crippen LogP contribution in [0.1, 0.15) is 37.1 Å². The minimum atomic E-state index is 0.0885. The zero-order valence-electron chi connectivity index (χ0n) is 24.6. The quantitative estimate of drug-likeness (QED) is 0.300. The number of aromatic nitrogens is 1. The van der Waals surface area contributed by atoms with E-state index in [1.807, 2.05) is 70.5 Å². The molecule has 0 atom stereocenters. The summed E-state index contributed by atoms with van der Waals surface area (Å²) in [5.41, 5.74) is 5.09. The van der Waals surface area contributed by atoms with Crippen molar-refractivity contribution < 1.29 is 9.59 Å². The van der Waals surface area contributed by atoms with Crippen LogP contribution < -0.4 is 4.90 Å². The highest BCUT2D eigenvalue weighted by Crippen LogP contribution is 2.25. The highest BCUT2D eigenvalue weighted by atomic mass is 16.2. The third-order valence-corrected chi connectivity index (χ3v) is 7.97. The average molecular weight is 551 g/mol. The maximum absolute atomic E-state index is 14.0. The summed E-state index contributed by atoms with van der Waals surface area (Å²) in [5.74, 6) is 0.701. The van der Waals surface area contributed by atoms with Crippen molar-refractivity contribution in [2.24, 2.45) is 5.92 Å². The van der Waals surface area contributed by atoms with E-state index in [0.29, 0.717) is 38.5 Å². The van der Waals surface area contributed by atoms with E-state index in [9.17, 15) is 9.59 Å². The third kappa shape index (κ3) is 7.06. The largest absolute Gasteiger partial charge is 0.335 e. The summed E-state index contributed by atoms with van der Waals surface area (Å²) in [4.78, 5) is 34.2. The molecule has 214 valence electrons. The molecule has 3 aromatic carbocycles. The van der Waals surface area contributed by atoms with E-state index in [1.54, 1.807) is 0 Å². The number of rotatable bonds is 6. The van der Waals surface area contributed by atoms with Gasteiger partial charge >= 0.3 is 0 Å². The molecule has 6 heteroatoms. The topological polar surface area (TPSA) is 48.8 Å². The molecule has 2 amide bonds. The van der Waals surface area contributed by atoms with Crippen molar-refractivity contribution >= 4 is 28.4 Å². The second kappa shape index (κ2) is 13.2. The summed E-state index contributed by atoms with van der Waals surface area (Å²) in [7, 11) is 0. The first-order valence-corrected chi connectivity index (χ1v) is 14.9. The Labute approximate surface area is 244 Å². The average Bonchev–Trinajstić information content (AvgIpc) is 3.26. The number of anilines is 1. The summed E-state index contributed by atoms with van der Waals surface area (Å²) in [6.45, 7) is 11.3. The van der Waals surface area contributed by atoms with Crippen LogP contribution in [0.5, 0.6) is 0 Å². The molecular formula is C35H42N4O2. The van der Waals surface area contributed by atoms with Crippen LogP contribution in [0.25, 0.3) is 10.9 Å². The third-order valence-electron chi connectivity index (χ3n) is 7.97. The summed E-state index contributed by atoms with van der Waals surface area (Å²) >= 11 is 0. The number of amides is 2. The summed E-state index contributed by atoms with van der Waals surface area (Å²) in [6.07, 6.45) is 1.23. The van der Waals surface area contributed by atoms with Crippen LogP contribution in [0.2, 0.25) is 0 Å². The van der Waals surface area contributed by atoms with Gasteiger partial charge in [-0.2, -0.15) is 0 Å². The standard InChI is InChI=1S/C35H42N4O2/c1-27(2)24-36-18-11-19-38(34(40)23-29-12-5-4-6-13-29)33-17-10-8-15-31(33)25-37(21-20-36)35(41)26-39-28(3)22-30-14-7-9-16-32(30)39/h4-10,12-17,22,27H,11,18-21,23-26H2,1-3H3. The first-order valence-electron chi connectivity index (χ1n) is 14.9. The minimum absolute atomic E-state index is 0.0885. The molecule has 1 aliphatic rings. The fourth-order valence-corrected chi connectivity index (χ4v) is 5.97. The van der Waals surface area contributed by atoms with Crippen molar-refractivity contribution in [2.75, 3.05) is 37.6 Å². The molecular weight excluding hydrogens is 508 g/mol. The van der Waals surface area contributed by atoms with Gasteiger partial charge in [-0.05, 0) is 60.5 Å².